The summed E-state index contributed by atoms with van der Waals surface area (Å²) in [6, 6.07) is 20.4. The van der Waals surface area contributed by atoms with Crippen LogP contribution >= 0.6 is 11.9 Å². The van der Waals surface area contributed by atoms with Gasteiger partial charge in [-0.05, 0) is 60.0 Å². The molecule has 1 aromatic heterocycles. The van der Waals surface area contributed by atoms with Gasteiger partial charge in [0.15, 0.2) is 0 Å². The number of nitrogens with two attached hydrogens (primary N) is 2. The average Bonchev–Trinajstić information content (AvgIpc) is 2.74. The molecule has 152 valence electrons. The van der Waals surface area contributed by atoms with Crippen LogP contribution in [0.25, 0.3) is 33.2 Å². The first-order valence-electron chi connectivity index (χ1n) is 9.58. The minimum absolute atomic E-state index is 0.161. The first-order valence-corrected chi connectivity index (χ1v) is 10.8. The maximum atomic E-state index is 6.00. The van der Waals surface area contributed by atoms with Crippen molar-refractivity contribution in [3.8, 4) is 28.0 Å². The van der Waals surface area contributed by atoms with Gasteiger partial charge in [0.1, 0.15) is 11.6 Å². The second-order valence-corrected chi connectivity index (χ2v) is 7.34. The molecule has 0 amide bonds. The van der Waals surface area contributed by atoms with E-state index < -0.39 is 0 Å². The van der Waals surface area contributed by atoms with Gasteiger partial charge in [-0.25, -0.2) is 4.98 Å². The van der Waals surface area contributed by atoms with Crippen LogP contribution in [0.1, 0.15) is 6.92 Å². The zero-order valence-corrected chi connectivity index (χ0v) is 17.7. The fraction of sp³-hybridized carbons (Fsp3) is 0.130. The van der Waals surface area contributed by atoms with Gasteiger partial charge in [-0.3, -0.25) is 0 Å². The molecular formula is C23H23N5OS. The Hall–Kier alpha value is -3.45. The number of rotatable bonds is 6. The molecule has 0 aliphatic carbocycles. The highest BCUT2D eigenvalue weighted by Crippen LogP contribution is 2.36. The van der Waals surface area contributed by atoms with Gasteiger partial charge in [0.2, 0.25) is 5.95 Å². The number of nitrogen functional groups attached to an aromatic ring is 2. The molecule has 0 aliphatic heterocycles. The smallest absolute Gasteiger partial charge is 0.222 e. The summed E-state index contributed by atoms with van der Waals surface area (Å²) >= 11 is 1.57. The maximum Gasteiger partial charge on any atom is 0.222 e. The van der Waals surface area contributed by atoms with Crippen LogP contribution in [0.3, 0.4) is 0 Å². The Kier molecular flexibility index (Phi) is 5.63. The van der Waals surface area contributed by atoms with Gasteiger partial charge in [0, 0.05) is 22.9 Å². The molecule has 0 fully saturated rings. The molecule has 5 N–H and O–H groups in total. The number of nitrogens with zero attached hydrogens (tertiary/aromatic N) is 2. The van der Waals surface area contributed by atoms with E-state index in [0.717, 1.165) is 39.1 Å². The van der Waals surface area contributed by atoms with E-state index in [9.17, 15) is 0 Å². The quantitative estimate of drug-likeness (QED) is 0.370. The Balaban J connectivity index is 1.85. The third-order valence-electron chi connectivity index (χ3n) is 4.75. The lowest BCUT2D eigenvalue weighted by atomic mass is 9.97. The molecule has 0 atom stereocenters. The van der Waals surface area contributed by atoms with E-state index in [0.29, 0.717) is 17.9 Å². The molecule has 1 heterocycles. The van der Waals surface area contributed by atoms with Crippen molar-refractivity contribution in [2.45, 2.75) is 6.92 Å². The molecule has 6 nitrogen and oxygen atoms in total. The number of fused-ring (bicyclic) bond motifs is 1. The first-order chi connectivity index (χ1) is 14.6. The molecule has 30 heavy (non-hydrogen) atoms. The van der Waals surface area contributed by atoms with Crippen molar-refractivity contribution in [1.29, 1.82) is 0 Å². The number of nitrogens with one attached hydrogen (secondary N) is 1. The number of hydrogen-bond donors (Lipinski definition) is 3. The van der Waals surface area contributed by atoms with Gasteiger partial charge >= 0.3 is 0 Å². The normalized spacial score (nSPS) is 10.9. The Morgan fingerprint density at radius 2 is 1.73 bits per heavy atom. The van der Waals surface area contributed by atoms with E-state index in [-0.39, 0.29) is 5.95 Å². The molecule has 0 saturated carbocycles. The van der Waals surface area contributed by atoms with Crippen LogP contribution in [0, 0.1) is 0 Å². The van der Waals surface area contributed by atoms with Gasteiger partial charge in [-0.1, -0.05) is 36.2 Å². The highest BCUT2D eigenvalue weighted by Gasteiger charge is 2.12. The summed E-state index contributed by atoms with van der Waals surface area (Å²) in [5.74, 6) is 1.35. The van der Waals surface area contributed by atoms with E-state index in [1.54, 1.807) is 11.9 Å². The fourth-order valence-electron chi connectivity index (χ4n) is 3.44. The molecule has 0 radical (unpaired) electrons. The lowest BCUT2D eigenvalue weighted by Crippen LogP contribution is -2.00. The molecule has 4 rings (SSSR count). The first kappa shape index (κ1) is 19.8. The molecule has 0 spiro atoms. The third kappa shape index (κ3) is 3.97. The Morgan fingerprint density at radius 1 is 0.933 bits per heavy atom. The van der Waals surface area contributed by atoms with Crippen LogP contribution in [-0.2, 0) is 0 Å². The fourth-order valence-corrected chi connectivity index (χ4v) is 3.80. The molecule has 3 aromatic carbocycles. The van der Waals surface area contributed by atoms with Gasteiger partial charge < -0.3 is 20.9 Å². The number of hydrogen-bond acceptors (Lipinski definition) is 7. The van der Waals surface area contributed by atoms with Crippen LogP contribution < -0.4 is 20.9 Å². The largest absolute Gasteiger partial charge is 0.493 e. The van der Waals surface area contributed by atoms with Crippen molar-refractivity contribution in [3.05, 3.63) is 60.7 Å². The van der Waals surface area contributed by atoms with Gasteiger partial charge in [0.25, 0.3) is 0 Å². The van der Waals surface area contributed by atoms with E-state index in [1.807, 2.05) is 49.6 Å². The van der Waals surface area contributed by atoms with Crippen molar-refractivity contribution in [1.82, 2.24) is 9.97 Å². The second kappa shape index (κ2) is 8.51. The molecule has 0 saturated heterocycles. The standard InChI is InChI=1S/C23H23N5OS/c1-3-29-21-10-8-15(14-5-4-6-17(11-14)28-30-2)12-19(21)16-7-9-18-20(13-16)26-23(25)27-22(18)24/h4-13,28H,3H2,1-2H3,(H4,24,25,26,27). The summed E-state index contributed by atoms with van der Waals surface area (Å²) < 4.78 is 9.19. The van der Waals surface area contributed by atoms with Gasteiger partial charge in [0.05, 0.1) is 12.1 Å². The Labute approximate surface area is 179 Å². The highest BCUT2D eigenvalue weighted by molar-refractivity contribution is 7.99. The summed E-state index contributed by atoms with van der Waals surface area (Å²) in [6.07, 6.45) is 2.00. The zero-order chi connectivity index (χ0) is 21.1. The minimum Gasteiger partial charge on any atom is -0.493 e. The summed E-state index contributed by atoms with van der Waals surface area (Å²) in [5, 5.41) is 0.776. The number of aromatic nitrogens is 2. The summed E-state index contributed by atoms with van der Waals surface area (Å²) in [7, 11) is 0. The molecular weight excluding hydrogens is 394 g/mol. The van der Waals surface area contributed by atoms with Crippen molar-refractivity contribution in [2.24, 2.45) is 0 Å². The van der Waals surface area contributed by atoms with E-state index in [1.165, 1.54) is 0 Å². The Morgan fingerprint density at radius 3 is 2.53 bits per heavy atom. The van der Waals surface area contributed by atoms with E-state index in [4.69, 9.17) is 16.2 Å². The van der Waals surface area contributed by atoms with Gasteiger partial charge in [-0.15, -0.1) is 0 Å². The maximum absolute atomic E-state index is 6.00. The lowest BCUT2D eigenvalue weighted by Gasteiger charge is -2.14. The highest BCUT2D eigenvalue weighted by atomic mass is 32.2. The molecule has 4 aromatic rings. The second-order valence-electron chi connectivity index (χ2n) is 6.73. The van der Waals surface area contributed by atoms with Crippen LogP contribution in [0.5, 0.6) is 5.75 Å². The van der Waals surface area contributed by atoms with E-state index >= 15 is 0 Å². The summed E-state index contributed by atoms with van der Waals surface area (Å²) in [6.45, 7) is 2.55. The topological polar surface area (TPSA) is 99.1 Å². The molecule has 7 heteroatoms. The molecule has 0 bridgehead atoms. The Bertz CT molecular complexity index is 1210. The number of benzene rings is 3. The van der Waals surface area contributed by atoms with Gasteiger partial charge in [-0.2, -0.15) is 4.98 Å². The summed E-state index contributed by atoms with van der Waals surface area (Å²) in [4.78, 5) is 8.39. The van der Waals surface area contributed by atoms with Crippen LogP contribution in [0.15, 0.2) is 60.7 Å². The zero-order valence-electron chi connectivity index (χ0n) is 16.8. The van der Waals surface area contributed by atoms with Crippen LogP contribution in [0.2, 0.25) is 0 Å². The predicted octanol–water partition coefficient (Wildman–Crippen LogP) is 5.22. The third-order valence-corrected chi connectivity index (χ3v) is 5.19. The van der Waals surface area contributed by atoms with Crippen molar-refractivity contribution in [3.63, 3.8) is 0 Å². The SMILES string of the molecule is CCOc1ccc(-c2cccc(NSC)c2)cc1-c1ccc2c(N)nc(N)nc2c1. The predicted molar refractivity (Wildman–Crippen MR) is 128 cm³/mol. The monoisotopic (exact) mass is 417 g/mol. The summed E-state index contributed by atoms with van der Waals surface area (Å²) in [5.41, 5.74) is 17.7. The van der Waals surface area contributed by atoms with Crippen molar-refractivity contribution >= 4 is 40.3 Å². The van der Waals surface area contributed by atoms with Crippen LogP contribution in [-0.4, -0.2) is 22.8 Å². The number of anilines is 3. The molecule has 0 unspecified atom stereocenters. The van der Waals surface area contributed by atoms with Crippen molar-refractivity contribution < 1.29 is 4.74 Å². The van der Waals surface area contributed by atoms with E-state index in [2.05, 4.69) is 39.0 Å². The minimum atomic E-state index is 0.161. The molecule has 0 aliphatic rings. The van der Waals surface area contributed by atoms with Crippen molar-refractivity contribution in [2.75, 3.05) is 29.1 Å². The van der Waals surface area contributed by atoms with Crippen LogP contribution in [0.4, 0.5) is 17.5 Å². The number of ether oxygens (including phenoxy) is 1. The lowest BCUT2D eigenvalue weighted by molar-refractivity contribution is 0.341. The average molecular weight is 418 g/mol.